The highest BCUT2D eigenvalue weighted by Crippen LogP contribution is 2.13. The van der Waals surface area contributed by atoms with Crippen molar-refractivity contribution in [2.24, 2.45) is 0 Å². The van der Waals surface area contributed by atoms with Gasteiger partial charge in [-0.15, -0.1) is 0 Å². The lowest BCUT2D eigenvalue weighted by molar-refractivity contribution is -0.145. The minimum atomic E-state index is -3.76. The van der Waals surface area contributed by atoms with Gasteiger partial charge in [-0.2, -0.15) is 8.42 Å². The van der Waals surface area contributed by atoms with Crippen molar-refractivity contribution < 1.29 is 31.6 Å². The Morgan fingerprint density at radius 1 is 0.800 bits per heavy atom. The van der Waals surface area contributed by atoms with Crippen LogP contribution in [0.15, 0.2) is 29.2 Å². The Morgan fingerprint density at radius 2 is 1.37 bits per heavy atom. The number of benzene rings is 1. The summed E-state index contributed by atoms with van der Waals surface area (Å²) in [4.78, 5) is 11.7. The van der Waals surface area contributed by atoms with Gasteiger partial charge in [0.2, 0.25) is 0 Å². The van der Waals surface area contributed by atoms with E-state index in [1.165, 1.54) is 37.8 Å². The Balaban J connectivity index is 1.92. The van der Waals surface area contributed by atoms with Gasteiger partial charge in [-0.1, -0.05) is 56.7 Å². The topological polar surface area (TPSA) is 88.1 Å². The average Bonchev–Trinajstić information content (AvgIpc) is 2.72. The van der Waals surface area contributed by atoms with Crippen LogP contribution in [-0.2, 0) is 33.3 Å². The highest BCUT2D eigenvalue weighted by molar-refractivity contribution is 7.86. The SMILES string of the molecule is CCCCCCCCC(=O)OCCOCCOCCOS(=O)(=O)c1ccc(C)cc1. The molecule has 0 saturated carbocycles. The molecule has 0 aliphatic heterocycles. The molecular formula is C22H36O7S. The molecule has 0 fully saturated rings. The first-order valence-corrected chi connectivity index (χ1v) is 12.1. The molecule has 0 spiro atoms. The Labute approximate surface area is 181 Å². The average molecular weight is 445 g/mol. The summed E-state index contributed by atoms with van der Waals surface area (Å²) in [6.07, 6.45) is 7.28. The lowest BCUT2D eigenvalue weighted by atomic mass is 10.1. The molecule has 0 aliphatic rings. The van der Waals surface area contributed by atoms with Crippen LogP contribution in [0.25, 0.3) is 0 Å². The van der Waals surface area contributed by atoms with Crippen LogP contribution >= 0.6 is 0 Å². The normalized spacial score (nSPS) is 11.5. The first-order chi connectivity index (χ1) is 14.5. The molecule has 1 aromatic rings. The molecule has 0 amide bonds. The summed E-state index contributed by atoms with van der Waals surface area (Å²) in [7, 11) is -3.76. The zero-order valence-electron chi connectivity index (χ0n) is 18.3. The van der Waals surface area contributed by atoms with E-state index in [0.29, 0.717) is 26.2 Å². The van der Waals surface area contributed by atoms with E-state index in [4.69, 9.17) is 18.4 Å². The van der Waals surface area contributed by atoms with E-state index < -0.39 is 10.1 Å². The molecule has 7 nitrogen and oxygen atoms in total. The van der Waals surface area contributed by atoms with Gasteiger partial charge in [0, 0.05) is 6.42 Å². The fraction of sp³-hybridized carbons (Fsp3) is 0.682. The number of carbonyl (C=O) groups excluding carboxylic acids is 1. The van der Waals surface area contributed by atoms with Crippen LogP contribution in [0.4, 0.5) is 0 Å². The Bertz CT molecular complexity index is 671. The molecule has 0 radical (unpaired) electrons. The van der Waals surface area contributed by atoms with Crippen LogP contribution in [-0.4, -0.2) is 54.0 Å². The zero-order chi connectivity index (χ0) is 22.1. The van der Waals surface area contributed by atoms with Gasteiger partial charge in [0.25, 0.3) is 10.1 Å². The molecule has 0 N–H and O–H groups in total. The standard InChI is InChI=1S/C22H36O7S/c1-3-4-5-6-7-8-9-22(23)28-18-16-26-14-15-27-17-19-29-30(24,25)21-12-10-20(2)11-13-21/h10-13H,3-9,14-19H2,1-2H3. The van der Waals surface area contributed by atoms with Gasteiger partial charge in [-0.05, 0) is 25.5 Å². The van der Waals surface area contributed by atoms with E-state index in [0.717, 1.165) is 18.4 Å². The van der Waals surface area contributed by atoms with E-state index in [9.17, 15) is 13.2 Å². The summed E-state index contributed by atoms with van der Waals surface area (Å²) in [5.74, 6) is -0.183. The lowest BCUT2D eigenvalue weighted by Crippen LogP contribution is -2.15. The number of hydrogen-bond donors (Lipinski definition) is 0. The predicted molar refractivity (Wildman–Crippen MR) is 115 cm³/mol. The van der Waals surface area contributed by atoms with Crippen LogP contribution in [0.2, 0.25) is 0 Å². The highest BCUT2D eigenvalue weighted by atomic mass is 32.2. The quantitative estimate of drug-likeness (QED) is 0.192. The molecule has 30 heavy (non-hydrogen) atoms. The smallest absolute Gasteiger partial charge is 0.305 e. The zero-order valence-corrected chi connectivity index (χ0v) is 19.1. The number of carbonyl (C=O) groups is 1. The maximum absolute atomic E-state index is 12.0. The Kier molecular flexibility index (Phi) is 14.4. The number of aryl methyl sites for hydroxylation is 1. The van der Waals surface area contributed by atoms with Crippen LogP contribution in [0.1, 0.15) is 57.4 Å². The summed E-state index contributed by atoms with van der Waals surface area (Å²) < 4.78 is 44.6. The molecule has 172 valence electrons. The number of unbranched alkanes of at least 4 members (excludes halogenated alkanes) is 5. The van der Waals surface area contributed by atoms with E-state index in [2.05, 4.69) is 6.92 Å². The third-order valence-electron chi connectivity index (χ3n) is 4.37. The van der Waals surface area contributed by atoms with Gasteiger partial charge in [-0.3, -0.25) is 8.98 Å². The summed E-state index contributed by atoms with van der Waals surface area (Å²) in [6, 6.07) is 6.46. The van der Waals surface area contributed by atoms with Crippen molar-refractivity contribution in [2.45, 2.75) is 63.7 Å². The molecule has 0 saturated heterocycles. The number of esters is 1. The van der Waals surface area contributed by atoms with Crippen LogP contribution in [0.5, 0.6) is 0 Å². The largest absolute Gasteiger partial charge is 0.463 e. The molecule has 0 aliphatic carbocycles. The molecule has 1 rings (SSSR count). The Hall–Kier alpha value is -1.48. The van der Waals surface area contributed by atoms with Gasteiger partial charge < -0.3 is 14.2 Å². The number of rotatable bonds is 18. The van der Waals surface area contributed by atoms with Gasteiger partial charge in [0.15, 0.2) is 0 Å². The van der Waals surface area contributed by atoms with Crippen LogP contribution < -0.4 is 0 Å². The fourth-order valence-corrected chi connectivity index (χ4v) is 3.53. The third-order valence-corrected chi connectivity index (χ3v) is 5.70. The second-order valence-corrected chi connectivity index (χ2v) is 8.67. The van der Waals surface area contributed by atoms with Gasteiger partial charge in [0.1, 0.15) is 6.61 Å². The summed E-state index contributed by atoms with van der Waals surface area (Å²) in [6.45, 7) is 5.32. The number of hydrogen-bond acceptors (Lipinski definition) is 7. The number of ether oxygens (including phenoxy) is 3. The summed E-state index contributed by atoms with van der Waals surface area (Å²) in [5.41, 5.74) is 0.977. The third kappa shape index (κ3) is 13.0. The van der Waals surface area contributed by atoms with Crippen LogP contribution in [0, 0.1) is 6.92 Å². The van der Waals surface area contributed by atoms with Crippen molar-refractivity contribution in [3.8, 4) is 0 Å². The molecule has 0 aromatic heterocycles. The summed E-state index contributed by atoms with van der Waals surface area (Å²) in [5, 5.41) is 0. The first-order valence-electron chi connectivity index (χ1n) is 10.7. The predicted octanol–water partition coefficient (Wildman–Crippen LogP) is 4.03. The van der Waals surface area contributed by atoms with Crippen molar-refractivity contribution in [3.63, 3.8) is 0 Å². The van der Waals surface area contributed by atoms with E-state index in [1.807, 2.05) is 6.92 Å². The molecule has 0 bridgehead atoms. The van der Waals surface area contributed by atoms with E-state index in [1.54, 1.807) is 12.1 Å². The Morgan fingerprint density at radius 3 is 2.03 bits per heavy atom. The van der Waals surface area contributed by atoms with Crippen molar-refractivity contribution >= 4 is 16.1 Å². The molecule has 1 aromatic carbocycles. The highest BCUT2D eigenvalue weighted by Gasteiger charge is 2.14. The summed E-state index contributed by atoms with van der Waals surface area (Å²) >= 11 is 0. The first kappa shape index (κ1) is 26.6. The van der Waals surface area contributed by atoms with E-state index >= 15 is 0 Å². The maximum Gasteiger partial charge on any atom is 0.305 e. The minimum absolute atomic E-state index is 0.0632. The van der Waals surface area contributed by atoms with Gasteiger partial charge in [-0.25, -0.2) is 0 Å². The molecule has 0 unspecified atom stereocenters. The minimum Gasteiger partial charge on any atom is -0.463 e. The molecule has 0 heterocycles. The van der Waals surface area contributed by atoms with E-state index in [-0.39, 0.29) is 30.7 Å². The second kappa shape index (κ2) is 16.2. The molecule has 8 heteroatoms. The monoisotopic (exact) mass is 444 g/mol. The van der Waals surface area contributed by atoms with Crippen molar-refractivity contribution in [3.05, 3.63) is 29.8 Å². The van der Waals surface area contributed by atoms with Gasteiger partial charge >= 0.3 is 5.97 Å². The second-order valence-electron chi connectivity index (χ2n) is 7.05. The lowest BCUT2D eigenvalue weighted by Gasteiger charge is -2.08. The van der Waals surface area contributed by atoms with Crippen molar-refractivity contribution in [1.29, 1.82) is 0 Å². The van der Waals surface area contributed by atoms with Crippen molar-refractivity contribution in [2.75, 3.05) is 39.6 Å². The maximum atomic E-state index is 12.0. The fourth-order valence-electron chi connectivity index (χ4n) is 2.63. The van der Waals surface area contributed by atoms with Crippen molar-refractivity contribution in [1.82, 2.24) is 0 Å². The molecule has 0 atom stereocenters. The molecular weight excluding hydrogens is 408 g/mol. The van der Waals surface area contributed by atoms with Gasteiger partial charge in [0.05, 0.1) is 37.9 Å². The van der Waals surface area contributed by atoms with Crippen LogP contribution in [0.3, 0.4) is 0 Å².